The van der Waals surface area contributed by atoms with E-state index >= 15 is 0 Å². The number of halogens is 1. The maximum Gasteiger partial charge on any atom is 0.123 e. The molecule has 0 fully saturated rings. The van der Waals surface area contributed by atoms with Crippen LogP contribution >= 0.6 is 15.9 Å². The van der Waals surface area contributed by atoms with Crippen LogP contribution in [0.15, 0.2) is 22.7 Å². The second kappa shape index (κ2) is 6.13. The molecule has 0 aliphatic carbocycles. The molecular formula is C12H17BrO2. The van der Waals surface area contributed by atoms with Crippen molar-refractivity contribution in [3.8, 4) is 5.75 Å². The molecule has 2 nitrogen and oxygen atoms in total. The van der Waals surface area contributed by atoms with E-state index in [0.717, 1.165) is 28.8 Å². The number of aryl methyl sites for hydroxylation is 1. The summed E-state index contributed by atoms with van der Waals surface area (Å²) in [6.07, 6.45) is 1.08. The number of ether oxygens (including phenoxy) is 2. The SMILES string of the molecule is COCCC(C)Oc1cc(Br)ccc1C. The number of hydrogen-bond acceptors (Lipinski definition) is 2. The van der Waals surface area contributed by atoms with Crippen molar-refractivity contribution in [1.29, 1.82) is 0 Å². The molecule has 0 radical (unpaired) electrons. The summed E-state index contributed by atoms with van der Waals surface area (Å²) >= 11 is 3.43. The fourth-order valence-electron chi connectivity index (χ4n) is 1.26. The minimum absolute atomic E-state index is 0.179. The summed E-state index contributed by atoms with van der Waals surface area (Å²) in [7, 11) is 1.71. The van der Waals surface area contributed by atoms with Crippen molar-refractivity contribution in [3.63, 3.8) is 0 Å². The van der Waals surface area contributed by atoms with Crippen LogP contribution in [0.5, 0.6) is 5.75 Å². The maximum absolute atomic E-state index is 5.82. The van der Waals surface area contributed by atoms with Gasteiger partial charge in [-0.3, -0.25) is 0 Å². The third-order valence-corrected chi connectivity index (χ3v) is 2.70. The molecule has 1 unspecified atom stereocenters. The molecule has 15 heavy (non-hydrogen) atoms. The zero-order valence-corrected chi connectivity index (χ0v) is 11.0. The Bertz CT molecular complexity index is 312. The molecule has 0 aliphatic rings. The van der Waals surface area contributed by atoms with Gasteiger partial charge in [-0.05, 0) is 31.5 Å². The average molecular weight is 273 g/mol. The van der Waals surface area contributed by atoms with E-state index in [9.17, 15) is 0 Å². The fourth-order valence-corrected chi connectivity index (χ4v) is 1.60. The first-order valence-electron chi connectivity index (χ1n) is 5.05. The highest BCUT2D eigenvalue weighted by atomic mass is 79.9. The van der Waals surface area contributed by atoms with Crippen molar-refractivity contribution in [2.45, 2.75) is 26.4 Å². The van der Waals surface area contributed by atoms with Gasteiger partial charge < -0.3 is 9.47 Å². The molecular weight excluding hydrogens is 256 g/mol. The maximum atomic E-state index is 5.82. The van der Waals surface area contributed by atoms with Gasteiger partial charge in [0.2, 0.25) is 0 Å². The summed E-state index contributed by atoms with van der Waals surface area (Å²) in [5.41, 5.74) is 1.16. The van der Waals surface area contributed by atoms with Gasteiger partial charge in [0.1, 0.15) is 5.75 Å². The van der Waals surface area contributed by atoms with E-state index in [1.807, 2.05) is 25.1 Å². The average Bonchev–Trinajstić information content (AvgIpc) is 2.20. The van der Waals surface area contributed by atoms with Crippen LogP contribution in [-0.4, -0.2) is 19.8 Å². The third-order valence-electron chi connectivity index (χ3n) is 2.21. The largest absolute Gasteiger partial charge is 0.490 e. The van der Waals surface area contributed by atoms with Crippen molar-refractivity contribution in [2.75, 3.05) is 13.7 Å². The molecule has 1 aromatic rings. The van der Waals surface area contributed by atoms with Crippen LogP contribution in [0.4, 0.5) is 0 Å². The van der Waals surface area contributed by atoms with E-state index in [-0.39, 0.29) is 6.10 Å². The molecule has 1 atom stereocenters. The lowest BCUT2D eigenvalue weighted by Gasteiger charge is -2.16. The lowest BCUT2D eigenvalue weighted by Crippen LogP contribution is -2.14. The van der Waals surface area contributed by atoms with Crippen LogP contribution in [0.25, 0.3) is 0 Å². The number of rotatable bonds is 5. The van der Waals surface area contributed by atoms with Crippen LogP contribution < -0.4 is 4.74 Å². The van der Waals surface area contributed by atoms with Crippen LogP contribution in [0, 0.1) is 6.92 Å². The van der Waals surface area contributed by atoms with Gasteiger partial charge in [-0.25, -0.2) is 0 Å². The van der Waals surface area contributed by atoms with E-state index in [0.29, 0.717) is 0 Å². The van der Waals surface area contributed by atoms with Gasteiger partial charge >= 0.3 is 0 Å². The molecule has 1 aromatic carbocycles. The van der Waals surface area contributed by atoms with Gasteiger partial charge in [0.05, 0.1) is 6.10 Å². The summed E-state index contributed by atoms with van der Waals surface area (Å²) in [6, 6.07) is 6.06. The molecule has 3 heteroatoms. The third kappa shape index (κ3) is 4.22. The predicted molar refractivity (Wildman–Crippen MR) is 65.5 cm³/mol. The Balaban J connectivity index is 2.59. The van der Waals surface area contributed by atoms with Gasteiger partial charge in [0.15, 0.2) is 0 Å². The molecule has 0 amide bonds. The van der Waals surface area contributed by atoms with Gasteiger partial charge in [0, 0.05) is 24.6 Å². The molecule has 0 aromatic heterocycles. The zero-order chi connectivity index (χ0) is 11.3. The van der Waals surface area contributed by atoms with Crippen LogP contribution in [0.1, 0.15) is 18.9 Å². The standard InChI is InChI=1S/C12H17BrO2/c1-9-4-5-11(13)8-12(9)15-10(2)6-7-14-3/h4-5,8,10H,6-7H2,1-3H3. The lowest BCUT2D eigenvalue weighted by atomic mass is 10.2. The van der Waals surface area contributed by atoms with Crippen molar-refractivity contribution < 1.29 is 9.47 Å². The summed E-state index contributed by atoms with van der Waals surface area (Å²) in [6.45, 7) is 4.83. The second-order valence-electron chi connectivity index (χ2n) is 3.62. The molecule has 0 aliphatic heterocycles. The number of methoxy groups -OCH3 is 1. The molecule has 84 valence electrons. The smallest absolute Gasteiger partial charge is 0.123 e. The lowest BCUT2D eigenvalue weighted by molar-refractivity contribution is 0.134. The fraction of sp³-hybridized carbons (Fsp3) is 0.500. The van der Waals surface area contributed by atoms with E-state index in [1.165, 1.54) is 0 Å². The molecule has 0 heterocycles. The minimum Gasteiger partial charge on any atom is -0.490 e. The topological polar surface area (TPSA) is 18.5 Å². The van der Waals surface area contributed by atoms with Crippen molar-refractivity contribution in [2.24, 2.45) is 0 Å². The van der Waals surface area contributed by atoms with E-state index < -0.39 is 0 Å². The zero-order valence-electron chi connectivity index (χ0n) is 9.42. The second-order valence-corrected chi connectivity index (χ2v) is 4.54. The quantitative estimate of drug-likeness (QED) is 0.816. The van der Waals surface area contributed by atoms with Crippen LogP contribution in [0.3, 0.4) is 0 Å². The highest BCUT2D eigenvalue weighted by Crippen LogP contribution is 2.24. The van der Waals surface area contributed by atoms with Gasteiger partial charge in [-0.1, -0.05) is 22.0 Å². The first kappa shape index (κ1) is 12.5. The Morgan fingerprint density at radius 3 is 2.80 bits per heavy atom. The summed E-state index contributed by atoms with van der Waals surface area (Å²) in [4.78, 5) is 0. The monoisotopic (exact) mass is 272 g/mol. The summed E-state index contributed by atoms with van der Waals surface area (Å²) < 4.78 is 11.9. The molecule has 0 bridgehead atoms. The number of hydrogen-bond donors (Lipinski definition) is 0. The Morgan fingerprint density at radius 2 is 2.13 bits per heavy atom. The highest BCUT2D eigenvalue weighted by molar-refractivity contribution is 9.10. The van der Waals surface area contributed by atoms with Crippen molar-refractivity contribution in [3.05, 3.63) is 28.2 Å². The first-order chi connectivity index (χ1) is 7.13. The van der Waals surface area contributed by atoms with E-state index in [4.69, 9.17) is 9.47 Å². The molecule has 1 rings (SSSR count). The molecule has 0 saturated carbocycles. The highest BCUT2D eigenvalue weighted by Gasteiger charge is 2.06. The Kier molecular flexibility index (Phi) is 5.12. The molecule has 0 spiro atoms. The Morgan fingerprint density at radius 1 is 1.40 bits per heavy atom. The van der Waals surface area contributed by atoms with Gasteiger partial charge in [0.25, 0.3) is 0 Å². The van der Waals surface area contributed by atoms with E-state index in [2.05, 4.69) is 22.9 Å². The van der Waals surface area contributed by atoms with Crippen molar-refractivity contribution in [1.82, 2.24) is 0 Å². The van der Waals surface area contributed by atoms with Crippen LogP contribution in [0.2, 0.25) is 0 Å². The van der Waals surface area contributed by atoms with Gasteiger partial charge in [-0.15, -0.1) is 0 Å². The van der Waals surface area contributed by atoms with Crippen LogP contribution in [-0.2, 0) is 4.74 Å². The van der Waals surface area contributed by atoms with Gasteiger partial charge in [-0.2, -0.15) is 0 Å². The first-order valence-corrected chi connectivity index (χ1v) is 5.84. The molecule has 0 N–H and O–H groups in total. The Hall–Kier alpha value is -0.540. The summed E-state index contributed by atoms with van der Waals surface area (Å²) in [5.74, 6) is 0.938. The number of benzene rings is 1. The van der Waals surface area contributed by atoms with Crippen molar-refractivity contribution >= 4 is 15.9 Å². The van der Waals surface area contributed by atoms with E-state index in [1.54, 1.807) is 7.11 Å². The molecule has 0 saturated heterocycles. The predicted octanol–water partition coefficient (Wildman–Crippen LogP) is 3.56. The normalized spacial score (nSPS) is 12.5. The summed E-state index contributed by atoms with van der Waals surface area (Å²) in [5, 5.41) is 0. The Labute approximate surface area is 99.7 Å². The minimum atomic E-state index is 0.179.